The highest BCUT2D eigenvalue weighted by Crippen LogP contribution is 2.19. The highest BCUT2D eigenvalue weighted by atomic mass is 16.2. The maximum absolute atomic E-state index is 12.3. The summed E-state index contributed by atoms with van der Waals surface area (Å²) in [6.45, 7) is 0.0315. The van der Waals surface area contributed by atoms with E-state index in [4.69, 9.17) is 5.26 Å². The maximum atomic E-state index is 12.3. The van der Waals surface area contributed by atoms with Crippen molar-refractivity contribution in [3.63, 3.8) is 0 Å². The fourth-order valence-corrected chi connectivity index (χ4v) is 2.67. The first-order valence-electron chi connectivity index (χ1n) is 8.62. The maximum Gasteiger partial charge on any atom is 0.247 e. The van der Waals surface area contributed by atoms with Crippen LogP contribution in [0.2, 0.25) is 0 Å². The Hall–Kier alpha value is -4.45. The Morgan fingerprint density at radius 1 is 1.00 bits per heavy atom. The predicted octanol–water partition coefficient (Wildman–Crippen LogP) is 2.31. The summed E-state index contributed by atoms with van der Waals surface area (Å²) < 4.78 is 1.52. The lowest BCUT2D eigenvalue weighted by Gasteiger charge is -2.05. The van der Waals surface area contributed by atoms with E-state index in [1.165, 1.54) is 4.68 Å². The van der Waals surface area contributed by atoms with E-state index in [0.29, 0.717) is 17.2 Å². The molecular weight excluding hydrogens is 368 g/mol. The summed E-state index contributed by atoms with van der Waals surface area (Å²) in [5, 5.41) is 15.9. The van der Waals surface area contributed by atoms with Gasteiger partial charge in [-0.3, -0.25) is 19.4 Å². The summed E-state index contributed by atoms with van der Waals surface area (Å²) in [6, 6.07) is 8.97. The third kappa shape index (κ3) is 4.28. The molecule has 1 amide bonds. The van der Waals surface area contributed by atoms with Crippen LogP contribution in [0.25, 0.3) is 22.4 Å². The molecule has 0 aliphatic carbocycles. The van der Waals surface area contributed by atoms with Gasteiger partial charge in [-0.15, -0.1) is 0 Å². The van der Waals surface area contributed by atoms with Crippen molar-refractivity contribution >= 4 is 11.7 Å². The minimum Gasteiger partial charge on any atom is -0.309 e. The van der Waals surface area contributed by atoms with Crippen LogP contribution in [0.4, 0.5) is 5.82 Å². The SMILES string of the molecule is N#Cc1cc(-c2cnn(CC(=O)Nc3ccc(-c4cnccn4)cn3)c2)ccn1. The molecule has 4 aromatic rings. The molecule has 0 aromatic carbocycles. The van der Waals surface area contributed by atoms with E-state index in [-0.39, 0.29) is 12.5 Å². The number of amides is 1. The van der Waals surface area contributed by atoms with Crippen LogP contribution in [0.3, 0.4) is 0 Å². The number of carbonyl (C=O) groups excluding carboxylic acids is 1. The third-order valence-corrected chi connectivity index (χ3v) is 4.04. The van der Waals surface area contributed by atoms with E-state index < -0.39 is 0 Å². The summed E-state index contributed by atoms with van der Waals surface area (Å²) in [4.78, 5) is 28.7. The molecule has 29 heavy (non-hydrogen) atoms. The number of hydrogen-bond donors (Lipinski definition) is 1. The van der Waals surface area contributed by atoms with Crippen LogP contribution in [-0.4, -0.2) is 35.6 Å². The molecule has 4 rings (SSSR count). The van der Waals surface area contributed by atoms with Crippen molar-refractivity contribution in [3.05, 3.63) is 73.3 Å². The predicted molar refractivity (Wildman–Crippen MR) is 104 cm³/mol. The van der Waals surface area contributed by atoms with Gasteiger partial charge in [0.05, 0.1) is 18.1 Å². The molecule has 4 aromatic heterocycles. The van der Waals surface area contributed by atoms with Crippen molar-refractivity contribution in [1.29, 1.82) is 5.26 Å². The van der Waals surface area contributed by atoms with Crippen molar-refractivity contribution in [1.82, 2.24) is 29.7 Å². The van der Waals surface area contributed by atoms with E-state index in [2.05, 4.69) is 30.4 Å². The minimum absolute atomic E-state index is 0.0315. The van der Waals surface area contributed by atoms with Gasteiger partial charge in [0.25, 0.3) is 0 Å². The fourth-order valence-electron chi connectivity index (χ4n) is 2.67. The highest BCUT2D eigenvalue weighted by molar-refractivity contribution is 5.89. The number of pyridine rings is 2. The average Bonchev–Trinajstić information content (AvgIpc) is 3.23. The molecule has 9 nitrogen and oxygen atoms in total. The van der Waals surface area contributed by atoms with Crippen molar-refractivity contribution in [2.45, 2.75) is 6.54 Å². The molecule has 140 valence electrons. The summed E-state index contributed by atoms with van der Waals surface area (Å²) in [5.74, 6) is 0.176. The Bertz CT molecular complexity index is 1180. The Kier molecular flexibility index (Phi) is 4.98. The number of hydrogen-bond acceptors (Lipinski definition) is 7. The molecule has 1 N–H and O–H groups in total. The third-order valence-electron chi connectivity index (χ3n) is 4.04. The molecule has 4 heterocycles. The number of nitrogens with one attached hydrogen (secondary N) is 1. The van der Waals surface area contributed by atoms with Crippen LogP contribution in [0.1, 0.15) is 5.69 Å². The van der Waals surface area contributed by atoms with Crippen LogP contribution in [0, 0.1) is 11.3 Å². The fraction of sp³-hybridized carbons (Fsp3) is 0.0500. The van der Waals surface area contributed by atoms with E-state index in [1.54, 1.807) is 61.6 Å². The molecule has 0 unspecified atom stereocenters. The smallest absolute Gasteiger partial charge is 0.247 e. The normalized spacial score (nSPS) is 10.3. The van der Waals surface area contributed by atoms with Gasteiger partial charge in [-0.25, -0.2) is 9.97 Å². The first kappa shape index (κ1) is 17.9. The molecule has 0 radical (unpaired) electrons. The molecule has 9 heteroatoms. The molecule has 0 aliphatic rings. The monoisotopic (exact) mass is 382 g/mol. The van der Waals surface area contributed by atoms with Gasteiger partial charge >= 0.3 is 0 Å². The van der Waals surface area contributed by atoms with Crippen molar-refractivity contribution in [3.8, 4) is 28.5 Å². The van der Waals surface area contributed by atoms with Crippen LogP contribution >= 0.6 is 0 Å². The van der Waals surface area contributed by atoms with Crippen molar-refractivity contribution in [2.24, 2.45) is 0 Å². The van der Waals surface area contributed by atoms with Gasteiger partial charge in [-0.1, -0.05) is 0 Å². The number of rotatable bonds is 5. The number of nitrogens with zero attached hydrogens (tertiary/aromatic N) is 7. The summed E-state index contributed by atoms with van der Waals surface area (Å²) in [6.07, 6.45) is 11.4. The summed E-state index contributed by atoms with van der Waals surface area (Å²) >= 11 is 0. The van der Waals surface area contributed by atoms with Gasteiger partial charge < -0.3 is 5.32 Å². The molecule has 0 saturated carbocycles. The van der Waals surface area contributed by atoms with Crippen molar-refractivity contribution < 1.29 is 4.79 Å². The zero-order chi connectivity index (χ0) is 20.1. The molecular formula is C20H14N8O. The molecule has 0 aliphatic heterocycles. The Labute approximate surface area is 165 Å². The second-order valence-electron chi connectivity index (χ2n) is 6.04. The average molecular weight is 382 g/mol. The lowest BCUT2D eigenvalue weighted by molar-refractivity contribution is -0.116. The molecule has 0 bridgehead atoms. The van der Waals surface area contributed by atoms with Crippen LogP contribution < -0.4 is 5.32 Å². The summed E-state index contributed by atoms with van der Waals surface area (Å²) in [5.41, 5.74) is 3.44. The first-order valence-corrected chi connectivity index (χ1v) is 8.62. The van der Waals surface area contributed by atoms with E-state index in [9.17, 15) is 4.79 Å². The van der Waals surface area contributed by atoms with Gasteiger partial charge in [0.15, 0.2) is 0 Å². The quantitative estimate of drug-likeness (QED) is 0.562. The number of nitriles is 1. The lowest BCUT2D eigenvalue weighted by atomic mass is 10.1. The van der Waals surface area contributed by atoms with Crippen LogP contribution in [-0.2, 0) is 11.3 Å². The first-order chi connectivity index (χ1) is 14.2. The molecule has 0 atom stereocenters. The van der Waals surface area contributed by atoms with Crippen LogP contribution in [0.5, 0.6) is 0 Å². The van der Waals surface area contributed by atoms with E-state index in [1.807, 2.05) is 12.1 Å². The largest absolute Gasteiger partial charge is 0.309 e. The van der Waals surface area contributed by atoms with E-state index in [0.717, 1.165) is 16.7 Å². The Balaban J connectivity index is 1.40. The standard InChI is InChI=1S/C20H14N8O/c21-8-17-7-14(3-4-23-17)16-10-26-28(12-16)13-20(29)27-19-2-1-15(9-25-19)18-11-22-5-6-24-18/h1-7,9-12H,13H2,(H,25,27,29). The molecule has 0 spiro atoms. The second-order valence-corrected chi connectivity index (χ2v) is 6.04. The van der Waals surface area contributed by atoms with Gasteiger partial charge in [0.2, 0.25) is 5.91 Å². The Morgan fingerprint density at radius 3 is 2.69 bits per heavy atom. The van der Waals surface area contributed by atoms with Gasteiger partial charge in [-0.2, -0.15) is 10.4 Å². The molecule has 0 fully saturated rings. The topological polar surface area (TPSA) is 122 Å². The highest BCUT2D eigenvalue weighted by Gasteiger charge is 2.09. The van der Waals surface area contributed by atoms with Gasteiger partial charge in [-0.05, 0) is 29.8 Å². The zero-order valence-corrected chi connectivity index (χ0v) is 15.1. The van der Waals surface area contributed by atoms with E-state index >= 15 is 0 Å². The molecule has 0 saturated heterocycles. The zero-order valence-electron chi connectivity index (χ0n) is 15.1. The minimum atomic E-state index is -0.258. The van der Waals surface area contributed by atoms with Crippen LogP contribution in [0.15, 0.2) is 67.6 Å². The number of carbonyl (C=O) groups is 1. The number of anilines is 1. The summed E-state index contributed by atoms with van der Waals surface area (Å²) in [7, 11) is 0. The second kappa shape index (κ2) is 8.06. The Morgan fingerprint density at radius 2 is 1.93 bits per heavy atom. The van der Waals surface area contributed by atoms with Gasteiger partial charge in [0, 0.05) is 42.1 Å². The number of aromatic nitrogens is 6. The lowest BCUT2D eigenvalue weighted by Crippen LogP contribution is -2.19. The van der Waals surface area contributed by atoms with Gasteiger partial charge in [0.1, 0.15) is 24.1 Å². The van der Waals surface area contributed by atoms with Crippen molar-refractivity contribution in [2.75, 3.05) is 5.32 Å².